The third kappa shape index (κ3) is 26.3. The van der Waals surface area contributed by atoms with E-state index >= 15 is 0 Å². The smallest absolute Gasteiger partial charge is 0.0624 e. The summed E-state index contributed by atoms with van der Waals surface area (Å²) in [6, 6.07) is 2.27. The summed E-state index contributed by atoms with van der Waals surface area (Å²) in [7, 11) is 0. The van der Waals surface area contributed by atoms with Crippen molar-refractivity contribution < 1.29 is 0 Å². The number of nitriles is 1. The molecule has 0 N–H and O–H groups in total. The van der Waals surface area contributed by atoms with E-state index in [0.29, 0.717) is 12.3 Å². The molecule has 0 heterocycles. The molecule has 0 aromatic heterocycles. The first-order chi connectivity index (χ1) is 19.5. The molecule has 230 valence electrons. The quantitative estimate of drug-likeness (QED) is 0.121. The Labute approximate surface area is 257 Å². The van der Waals surface area contributed by atoms with Gasteiger partial charge in [-0.05, 0) is 151 Å². The van der Waals surface area contributed by atoms with E-state index in [1.807, 2.05) is 0 Å². The summed E-state index contributed by atoms with van der Waals surface area (Å²) in [6.45, 7) is 20.2. The zero-order valence-corrected chi connectivity index (χ0v) is 28.7. The van der Waals surface area contributed by atoms with Crippen LogP contribution in [0.1, 0.15) is 159 Å². The van der Waals surface area contributed by atoms with Crippen LogP contribution in [-0.4, -0.2) is 0 Å². The second-order valence-electron chi connectivity index (χ2n) is 12.9. The summed E-state index contributed by atoms with van der Waals surface area (Å²) in [5.41, 5.74) is 10.5. The predicted molar refractivity (Wildman–Crippen MR) is 186 cm³/mol. The number of nitrogens with zero attached hydrogens (tertiary/aromatic N) is 1. The fraction of sp³-hybridized carbons (Fsp3) is 0.625. The predicted octanol–water partition coefficient (Wildman–Crippen LogP) is 13.6. The highest BCUT2D eigenvalue weighted by Crippen LogP contribution is 2.17. The summed E-state index contributed by atoms with van der Waals surface area (Å²) in [6.07, 6.45) is 33.8. The summed E-state index contributed by atoms with van der Waals surface area (Å²) in [4.78, 5) is 0. The van der Waals surface area contributed by atoms with Gasteiger partial charge in [-0.1, -0.05) is 88.5 Å². The van der Waals surface area contributed by atoms with Gasteiger partial charge in [0.1, 0.15) is 0 Å². The average Bonchev–Trinajstić information content (AvgIpc) is 2.88. The maximum absolute atomic E-state index is 8.77. The third-order valence-corrected chi connectivity index (χ3v) is 7.84. The lowest BCUT2D eigenvalue weighted by atomic mass is 10.0. The van der Waals surface area contributed by atoms with Crippen molar-refractivity contribution in [2.75, 3.05) is 0 Å². The van der Waals surface area contributed by atoms with E-state index in [1.54, 1.807) is 0 Å². The average molecular weight is 560 g/mol. The number of allylic oxidation sites excluding steroid dienone is 14. The molecule has 0 rings (SSSR count). The van der Waals surface area contributed by atoms with Gasteiger partial charge in [0.2, 0.25) is 0 Å². The maximum Gasteiger partial charge on any atom is 0.0624 e. The van der Waals surface area contributed by atoms with E-state index in [-0.39, 0.29) is 0 Å². The molecule has 0 aromatic rings. The highest BCUT2D eigenvalue weighted by atomic mass is 14.2. The molecule has 1 heteroatoms. The zero-order valence-electron chi connectivity index (χ0n) is 28.7. The second-order valence-corrected chi connectivity index (χ2v) is 12.9. The fourth-order valence-corrected chi connectivity index (χ4v) is 4.80. The van der Waals surface area contributed by atoms with Crippen molar-refractivity contribution >= 4 is 0 Å². The van der Waals surface area contributed by atoms with Crippen LogP contribution in [0.25, 0.3) is 0 Å². The van der Waals surface area contributed by atoms with E-state index in [0.717, 1.165) is 51.4 Å². The fourth-order valence-electron chi connectivity index (χ4n) is 4.80. The Hall–Kier alpha value is -2.33. The topological polar surface area (TPSA) is 23.8 Å². The molecule has 41 heavy (non-hydrogen) atoms. The molecule has 1 atom stereocenters. The van der Waals surface area contributed by atoms with Crippen LogP contribution >= 0.6 is 0 Å². The highest BCUT2D eigenvalue weighted by molar-refractivity contribution is 5.09. The standard InChI is InChI=1S/C40H65N/c1-33(2)17-10-18-34(3)19-11-20-35(4)21-12-22-36(5)23-13-24-37(6)25-14-26-38(7)27-15-28-39(8)29-16-30-40(9)31-32-41/h17,19,21,23,25,27,29,40H,10-16,18,20,22,24,26,28,30-31H2,1-9H3. The summed E-state index contributed by atoms with van der Waals surface area (Å²) in [5.74, 6) is 0.509. The summed E-state index contributed by atoms with van der Waals surface area (Å²) >= 11 is 0. The van der Waals surface area contributed by atoms with Crippen molar-refractivity contribution in [1.82, 2.24) is 0 Å². The molecular weight excluding hydrogens is 494 g/mol. The van der Waals surface area contributed by atoms with Crippen LogP contribution in [0.3, 0.4) is 0 Å². The van der Waals surface area contributed by atoms with Gasteiger partial charge in [-0.2, -0.15) is 5.26 Å². The van der Waals surface area contributed by atoms with Crippen LogP contribution < -0.4 is 0 Å². The van der Waals surface area contributed by atoms with E-state index in [4.69, 9.17) is 5.26 Å². The minimum atomic E-state index is 0.509. The Bertz CT molecular complexity index is 963. The number of rotatable bonds is 22. The van der Waals surface area contributed by atoms with Gasteiger partial charge in [0, 0.05) is 6.42 Å². The Morgan fingerprint density at radius 1 is 0.463 bits per heavy atom. The minimum absolute atomic E-state index is 0.509. The van der Waals surface area contributed by atoms with E-state index in [2.05, 4.69) is 111 Å². The van der Waals surface area contributed by atoms with Crippen molar-refractivity contribution in [3.8, 4) is 6.07 Å². The minimum Gasteiger partial charge on any atom is -0.198 e. The molecule has 0 amide bonds. The largest absolute Gasteiger partial charge is 0.198 e. The highest BCUT2D eigenvalue weighted by Gasteiger charge is 2.00. The van der Waals surface area contributed by atoms with Gasteiger partial charge in [0.25, 0.3) is 0 Å². The second kappa shape index (κ2) is 25.4. The zero-order chi connectivity index (χ0) is 30.9. The molecule has 0 aromatic carbocycles. The Kier molecular flexibility index (Phi) is 23.9. The Balaban J connectivity index is 4.17. The van der Waals surface area contributed by atoms with Gasteiger partial charge >= 0.3 is 0 Å². The number of hydrogen-bond donors (Lipinski definition) is 0. The Morgan fingerprint density at radius 2 is 0.732 bits per heavy atom. The monoisotopic (exact) mass is 560 g/mol. The van der Waals surface area contributed by atoms with Crippen molar-refractivity contribution in [2.24, 2.45) is 5.92 Å². The van der Waals surface area contributed by atoms with Crippen molar-refractivity contribution in [3.05, 3.63) is 81.5 Å². The van der Waals surface area contributed by atoms with E-state index in [1.165, 1.54) is 77.5 Å². The Morgan fingerprint density at radius 3 is 1.00 bits per heavy atom. The van der Waals surface area contributed by atoms with Gasteiger partial charge in [-0.25, -0.2) is 0 Å². The van der Waals surface area contributed by atoms with Gasteiger partial charge in [0.15, 0.2) is 0 Å². The van der Waals surface area contributed by atoms with Gasteiger partial charge < -0.3 is 0 Å². The lowest BCUT2D eigenvalue weighted by molar-refractivity contribution is 0.550. The van der Waals surface area contributed by atoms with E-state index in [9.17, 15) is 0 Å². The maximum atomic E-state index is 8.77. The van der Waals surface area contributed by atoms with Crippen molar-refractivity contribution in [1.29, 1.82) is 5.26 Å². The molecule has 0 radical (unpaired) electrons. The lowest BCUT2D eigenvalue weighted by Crippen LogP contribution is -1.91. The normalized spacial score (nSPS) is 14.7. The molecule has 0 saturated heterocycles. The molecule has 1 unspecified atom stereocenters. The van der Waals surface area contributed by atoms with Gasteiger partial charge in [-0.15, -0.1) is 0 Å². The lowest BCUT2D eigenvalue weighted by Gasteiger charge is -2.05. The van der Waals surface area contributed by atoms with Crippen LogP contribution in [0.5, 0.6) is 0 Å². The SMILES string of the molecule is CC(C)=CCCC(C)=CCCC(C)=CCCC(C)=CCCC(C)=CCCC(C)=CCCC(C)=CCCC(C)CC#N. The summed E-state index contributed by atoms with van der Waals surface area (Å²) < 4.78 is 0. The molecule has 0 fully saturated rings. The van der Waals surface area contributed by atoms with Gasteiger partial charge in [0.05, 0.1) is 6.07 Å². The first-order valence-electron chi connectivity index (χ1n) is 16.5. The van der Waals surface area contributed by atoms with E-state index < -0.39 is 0 Å². The molecule has 0 aliphatic rings. The molecule has 1 nitrogen and oxygen atoms in total. The first-order valence-corrected chi connectivity index (χ1v) is 16.5. The van der Waals surface area contributed by atoms with Crippen LogP contribution in [0, 0.1) is 17.2 Å². The number of hydrogen-bond acceptors (Lipinski definition) is 1. The first kappa shape index (κ1) is 38.7. The van der Waals surface area contributed by atoms with Crippen LogP contribution in [0.15, 0.2) is 81.5 Å². The van der Waals surface area contributed by atoms with Crippen LogP contribution in [0.2, 0.25) is 0 Å². The van der Waals surface area contributed by atoms with Crippen LogP contribution in [-0.2, 0) is 0 Å². The molecule has 0 bridgehead atoms. The molecule has 0 aliphatic heterocycles. The summed E-state index contributed by atoms with van der Waals surface area (Å²) in [5, 5.41) is 8.77. The van der Waals surface area contributed by atoms with Crippen molar-refractivity contribution in [3.63, 3.8) is 0 Å². The molecule has 0 spiro atoms. The molecule has 0 aliphatic carbocycles. The molecular formula is C40H65N. The van der Waals surface area contributed by atoms with Gasteiger partial charge in [-0.3, -0.25) is 0 Å². The third-order valence-electron chi connectivity index (χ3n) is 7.84. The van der Waals surface area contributed by atoms with Crippen LogP contribution in [0.4, 0.5) is 0 Å². The molecule has 0 saturated carbocycles. The van der Waals surface area contributed by atoms with Crippen molar-refractivity contribution in [2.45, 2.75) is 159 Å².